The zero-order valence-electron chi connectivity index (χ0n) is 8.99. The fourth-order valence-electron chi connectivity index (χ4n) is 1.97. The second-order valence-corrected chi connectivity index (χ2v) is 3.86. The van der Waals surface area contributed by atoms with E-state index in [0.717, 1.165) is 19.5 Å². The van der Waals surface area contributed by atoms with Gasteiger partial charge >= 0.3 is 0 Å². The van der Waals surface area contributed by atoms with Gasteiger partial charge in [-0.25, -0.2) is 0 Å². The van der Waals surface area contributed by atoms with Gasteiger partial charge in [0.1, 0.15) is 0 Å². The number of hydrogen-bond acceptors (Lipinski definition) is 2. The highest BCUT2D eigenvalue weighted by Gasteiger charge is 2.19. The van der Waals surface area contributed by atoms with Crippen LogP contribution in [0.4, 0.5) is 0 Å². The first-order valence-corrected chi connectivity index (χ1v) is 5.30. The van der Waals surface area contributed by atoms with Gasteiger partial charge < -0.3 is 10.2 Å². The molecule has 1 aliphatic rings. The van der Waals surface area contributed by atoms with Crippen molar-refractivity contribution in [1.29, 1.82) is 0 Å². The standard InChI is InChI=1S/C12H16N2O/c1-13-8-12(15)14-7-6-10-4-2-3-5-11(10)9-14/h2-5,13H,6-9H2,1H3. The minimum Gasteiger partial charge on any atom is -0.337 e. The maximum Gasteiger partial charge on any atom is 0.236 e. The third-order valence-electron chi connectivity index (χ3n) is 2.81. The number of carbonyl (C=O) groups is 1. The van der Waals surface area contributed by atoms with Crippen LogP contribution < -0.4 is 5.32 Å². The Morgan fingerprint density at radius 3 is 2.87 bits per heavy atom. The van der Waals surface area contributed by atoms with Crippen LogP contribution in [0, 0.1) is 0 Å². The highest BCUT2D eigenvalue weighted by molar-refractivity contribution is 5.78. The SMILES string of the molecule is CNCC(=O)N1CCc2ccccc2C1. The Bertz CT molecular complexity index is 362. The predicted octanol–water partition coefficient (Wildman–Crippen LogP) is 0.791. The van der Waals surface area contributed by atoms with Gasteiger partial charge in [0.25, 0.3) is 0 Å². The molecule has 0 aromatic heterocycles. The lowest BCUT2D eigenvalue weighted by molar-refractivity contribution is -0.131. The Labute approximate surface area is 90.1 Å². The number of carbonyl (C=O) groups excluding carboxylic acids is 1. The molecule has 80 valence electrons. The number of amides is 1. The Balaban J connectivity index is 2.08. The van der Waals surface area contributed by atoms with Crippen molar-refractivity contribution >= 4 is 5.91 Å². The Kier molecular flexibility index (Phi) is 3.02. The van der Waals surface area contributed by atoms with E-state index in [9.17, 15) is 4.79 Å². The van der Waals surface area contributed by atoms with Gasteiger partial charge in [-0.2, -0.15) is 0 Å². The van der Waals surface area contributed by atoms with E-state index < -0.39 is 0 Å². The lowest BCUT2D eigenvalue weighted by Gasteiger charge is -2.28. The highest BCUT2D eigenvalue weighted by Crippen LogP contribution is 2.18. The number of nitrogens with zero attached hydrogens (tertiary/aromatic N) is 1. The smallest absolute Gasteiger partial charge is 0.236 e. The maximum absolute atomic E-state index is 11.7. The average molecular weight is 204 g/mol. The third kappa shape index (κ3) is 2.18. The van der Waals surface area contributed by atoms with Gasteiger partial charge in [0, 0.05) is 13.1 Å². The van der Waals surface area contributed by atoms with Gasteiger partial charge in [0.15, 0.2) is 0 Å². The maximum atomic E-state index is 11.7. The molecule has 1 aromatic carbocycles. The molecule has 0 spiro atoms. The average Bonchev–Trinajstić information content (AvgIpc) is 2.29. The van der Waals surface area contributed by atoms with Gasteiger partial charge in [0.2, 0.25) is 5.91 Å². The molecule has 1 aromatic rings. The molecule has 0 bridgehead atoms. The molecule has 0 atom stereocenters. The van der Waals surface area contributed by atoms with Crippen molar-refractivity contribution in [3.05, 3.63) is 35.4 Å². The summed E-state index contributed by atoms with van der Waals surface area (Å²) in [5, 5.41) is 2.90. The zero-order chi connectivity index (χ0) is 10.7. The fraction of sp³-hybridized carbons (Fsp3) is 0.417. The van der Waals surface area contributed by atoms with E-state index in [2.05, 4.69) is 23.5 Å². The van der Waals surface area contributed by atoms with Crippen LogP contribution in [0.15, 0.2) is 24.3 Å². The summed E-state index contributed by atoms with van der Waals surface area (Å²) in [6.45, 7) is 2.04. The molecule has 3 nitrogen and oxygen atoms in total. The lowest BCUT2D eigenvalue weighted by atomic mass is 10.00. The quantitative estimate of drug-likeness (QED) is 0.772. The zero-order valence-corrected chi connectivity index (χ0v) is 8.99. The molecule has 1 N–H and O–H groups in total. The molecule has 15 heavy (non-hydrogen) atoms. The van der Waals surface area contributed by atoms with Crippen molar-refractivity contribution in [1.82, 2.24) is 10.2 Å². The molecule has 1 aliphatic heterocycles. The number of benzene rings is 1. The molecule has 1 amide bonds. The topological polar surface area (TPSA) is 32.3 Å². The number of hydrogen-bond donors (Lipinski definition) is 1. The Morgan fingerprint density at radius 1 is 1.40 bits per heavy atom. The van der Waals surface area contributed by atoms with E-state index >= 15 is 0 Å². The van der Waals surface area contributed by atoms with Gasteiger partial charge in [0.05, 0.1) is 6.54 Å². The molecule has 2 rings (SSSR count). The molecular weight excluding hydrogens is 188 g/mol. The van der Waals surface area contributed by atoms with E-state index in [1.54, 1.807) is 7.05 Å². The summed E-state index contributed by atoms with van der Waals surface area (Å²) in [7, 11) is 1.80. The van der Waals surface area contributed by atoms with Gasteiger partial charge in [-0.1, -0.05) is 24.3 Å². The van der Waals surface area contributed by atoms with Crippen molar-refractivity contribution < 1.29 is 4.79 Å². The molecule has 0 fully saturated rings. The summed E-state index contributed by atoms with van der Waals surface area (Å²) in [6.07, 6.45) is 0.978. The summed E-state index contributed by atoms with van der Waals surface area (Å²) in [6, 6.07) is 8.35. The molecule has 0 saturated carbocycles. The first kappa shape index (κ1) is 10.2. The number of nitrogens with one attached hydrogen (secondary N) is 1. The predicted molar refractivity (Wildman–Crippen MR) is 59.5 cm³/mol. The minimum atomic E-state index is 0.187. The Morgan fingerprint density at radius 2 is 2.13 bits per heavy atom. The van der Waals surface area contributed by atoms with Gasteiger partial charge in [-0.3, -0.25) is 4.79 Å². The van der Waals surface area contributed by atoms with Crippen molar-refractivity contribution in [3.8, 4) is 0 Å². The monoisotopic (exact) mass is 204 g/mol. The Hall–Kier alpha value is -1.35. The largest absolute Gasteiger partial charge is 0.337 e. The van der Waals surface area contributed by atoms with Crippen molar-refractivity contribution in [2.75, 3.05) is 20.1 Å². The second-order valence-electron chi connectivity index (χ2n) is 3.86. The first-order valence-electron chi connectivity index (χ1n) is 5.30. The van der Waals surface area contributed by atoms with Crippen LogP contribution in [0.3, 0.4) is 0 Å². The molecule has 0 aliphatic carbocycles. The van der Waals surface area contributed by atoms with Crippen molar-refractivity contribution in [3.63, 3.8) is 0 Å². The summed E-state index contributed by atoms with van der Waals surface area (Å²) in [5.74, 6) is 0.187. The van der Waals surface area contributed by atoms with E-state index in [4.69, 9.17) is 0 Å². The van der Waals surface area contributed by atoms with Crippen LogP contribution in [-0.4, -0.2) is 30.9 Å². The normalized spacial score (nSPS) is 14.9. The van der Waals surface area contributed by atoms with Crippen LogP contribution in [0.25, 0.3) is 0 Å². The highest BCUT2D eigenvalue weighted by atomic mass is 16.2. The minimum absolute atomic E-state index is 0.187. The van der Waals surface area contributed by atoms with E-state index in [1.165, 1.54) is 11.1 Å². The molecular formula is C12H16N2O. The number of rotatable bonds is 2. The van der Waals surface area contributed by atoms with E-state index in [1.807, 2.05) is 11.0 Å². The summed E-state index contributed by atoms with van der Waals surface area (Å²) >= 11 is 0. The molecule has 0 radical (unpaired) electrons. The third-order valence-corrected chi connectivity index (χ3v) is 2.81. The van der Waals surface area contributed by atoms with Crippen molar-refractivity contribution in [2.24, 2.45) is 0 Å². The van der Waals surface area contributed by atoms with Gasteiger partial charge in [-0.05, 0) is 24.6 Å². The molecule has 3 heteroatoms. The second kappa shape index (κ2) is 4.45. The van der Waals surface area contributed by atoms with Crippen molar-refractivity contribution in [2.45, 2.75) is 13.0 Å². The van der Waals surface area contributed by atoms with Crippen LogP contribution in [-0.2, 0) is 17.8 Å². The first-order chi connectivity index (χ1) is 7.31. The summed E-state index contributed by atoms with van der Waals surface area (Å²) in [5.41, 5.74) is 2.67. The van der Waals surface area contributed by atoms with E-state index in [-0.39, 0.29) is 5.91 Å². The van der Waals surface area contributed by atoms with Crippen LogP contribution in [0.2, 0.25) is 0 Å². The van der Waals surface area contributed by atoms with Gasteiger partial charge in [-0.15, -0.1) is 0 Å². The fourth-order valence-corrected chi connectivity index (χ4v) is 1.97. The van der Waals surface area contributed by atoms with Crippen LogP contribution >= 0.6 is 0 Å². The number of likely N-dealkylation sites (N-methyl/N-ethyl adjacent to an activating group) is 1. The summed E-state index contributed by atoms with van der Waals surface area (Å²) in [4.78, 5) is 13.6. The van der Waals surface area contributed by atoms with E-state index in [0.29, 0.717) is 6.54 Å². The molecule has 1 heterocycles. The van der Waals surface area contributed by atoms with Crippen LogP contribution in [0.1, 0.15) is 11.1 Å². The summed E-state index contributed by atoms with van der Waals surface area (Å²) < 4.78 is 0. The number of fused-ring (bicyclic) bond motifs is 1. The van der Waals surface area contributed by atoms with Crippen LogP contribution in [0.5, 0.6) is 0 Å². The molecule has 0 unspecified atom stereocenters. The molecule has 0 saturated heterocycles. The lowest BCUT2D eigenvalue weighted by Crippen LogP contribution is -2.40.